The van der Waals surface area contributed by atoms with Crippen LogP contribution in [-0.4, -0.2) is 21.9 Å². The Kier molecular flexibility index (Phi) is 5.78. The lowest BCUT2D eigenvalue weighted by Crippen LogP contribution is -2.27. The van der Waals surface area contributed by atoms with E-state index in [9.17, 15) is 14.9 Å². The molecule has 0 saturated carbocycles. The maximum Gasteiger partial charge on any atom is 0.287 e. The lowest BCUT2D eigenvalue weighted by molar-refractivity contribution is -0.384. The fraction of sp³-hybridized carbons (Fsp3) is 0.500. The van der Waals surface area contributed by atoms with Crippen LogP contribution in [0.1, 0.15) is 49.6 Å². The molecule has 1 rings (SSSR count). The second-order valence-corrected chi connectivity index (χ2v) is 4.76. The van der Waals surface area contributed by atoms with Crippen molar-refractivity contribution in [3.63, 3.8) is 0 Å². The highest BCUT2D eigenvalue weighted by molar-refractivity contribution is 5.93. The lowest BCUT2D eigenvalue weighted by atomic mass is 10.2. The van der Waals surface area contributed by atoms with E-state index in [1.54, 1.807) is 4.57 Å². The molecule has 0 aliphatic heterocycles. The van der Waals surface area contributed by atoms with E-state index < -0.39 is 4.92 Å². The van der Waals surface area contributed by atoms with Gasteiger partial charge in [-0.2, -0.15) is 0 Å². The molecule has 1 N–H and O–H groups in total. The van der Waals surface area contributed by atoms with E-state index in [0.29, 0.717) is 18.7 Å². The molecule has 6 heteroatoms. The van der Waals surface area contributed by atoms with Crippen molar-refractivity contribution >= 4 is 11.6 Å². The monoisotopic (exact) mass is 277 g/mol. The summed E-state index contributed by atoms with van der Waals surface area (Å²) in [5, 5.41) is 13.5. The molecule has 1 aromatic rings. The first-order valence-corrected chi connectivity index (χ1v) is 6.55. The van der Waals surface area contributed by atoms with Gasteiger partial charge < -0.3 is 9.88 Å². The molecule has 0 unspecified atom stereocenters. The van der Waals surface area contributed by atoms with Crippen LogP contribution in [-0.2, 0) is 0 Å². The van der Waals surface area contributed by atoms with Crippen molar-refractivity contribution in [2.45, 2.75) is 39.2 Å². The van der Waals surface area contributed by atoms with E-state index >= 15 is 0 Å². The van der Waals surface area contributed by atoms with E-state index in [1.165, 1.54) is 12.3 Å². The van der Waals surface area contributed by atoms with Gasteiger partial charge in [0.25, 0.3) is 11.6 Å². The number of terminal acetylenes is 1. The Balaban J connectivity index is 2.71. The first kappa shape index (κ1) is 15.8. The third-order valence-electron chi connectivity index (χ3n) is 2.87. The molecule has 1 aromatic heterocycles. The first-order valence-electron chi connectivity index (χ1n) is 6.55. The molecule has 6 nitrogen and oxygen atoms in total. The quantitative estimate of drug-likeness (QED) is 0.360. The molecule has 0 spiro atoms. The normalized spacial score (nSPS) is 10.3. The second kappa shape index (κ2) is 7.34. The van der Waals surface area contributed by atoms with E-state index in [2.05, 4.69) is 11.2 Å². The second-order valence-electron chi connectivity index (χ2n) is 4.76. The predicted octanol–water partition coefficient (Wildman–Crippen LogP) is 2.51. The van der Waals surface area contributed by atoms with Gasteiger partial charge in [0.1, 0.15) is 5.69 Å². The SMILES string of the molecule is C#CCCCCNC(=O)c1cc([N+](=O)[O-])cn1C(C)C. The third-order valence-corrected chi connectivity index (χ3v) is 2.87. The highest BCUT2D eigenvalue weighted by Gasteiger charge is 2.20. The van der Waals surface area contributed by atoms with Crippen LogP contribution in [0, 0.1) is 22.5 Å². The van der Waals surface area contributed by atoms with Gasteiger partial charge in [-0.05, 0) is 26.7 Å². The average Bonchev–Trinajstić information content (AvgIpc) is 2.83. The minimum atomic E-state index is -0.497. The van der Waals surface area contributed by atoms with Gasteiger partial charge >= 0.3 is 0 Å². The molecule has 0 aliphatic carbocycles. The van der Waals surface area contributed by atoms with Gasteiger partial charge in [-0.25, -0.2) is 0 Å². The topological polar surface area (TPSA) is 77.2 Å². The summed E-state index contributed by atoms with van der Waals surface area (Å²) in [4.78, 5) is 22.3. The van der Waals surface area contributed by atoms with Gasteiger partial charge in [-0.3, -0.25) is 14.9 Å². The molecule has 0 atom stereocenters. The summed E-state index contributed by atoms with van der Waals surface area (Å²) >= 11 is 0. The molecule has 108 valence electrons. The molecular weight excluding hydrogens is 258 g/mol. The number of rotatable bonds is 7. The molecule has 1 amide bonds. The fourth-order valence-corrected chi connectivity index (χ4v) is 1.82. The van der Waals surface area contributed by atoms with Crippen molar-refractivity contribution in [3.8, 4) is 12.3 Å². The number of unbranched alkanes of at least 4 members (excludes halogenated alkanes) is 2. The summed E-state index contributed by atoms with van der Waals surface area (Å²) < 4.78 is 1.61. The summed E-state index contributed by atoms with van der Waals surface area (Å²) in [6, 6.07) is 1.28. The smallest absolute Gasteiger partial charge is 0.287 e. The number of nitro groups is 1. The fourth-order valence-electron chi connectivity index (χ4n) is 1.82. The number of amides is 1. The van der Waals surface area contributed by atoms with Gasteiger partial charge in [0.2, 0.25) is 0 Å². The number of nitrogens with one attached hydrogen (secondary N) is 1. The minimum Gasteiger partial charge on any atom is -0.351 e. The molecule has 0 fully saturated rings. The van der Waals surface area contributed by atoms with Crippen LogP contribution in [0.2, 0.25) is 0 Å². The Labute approximate surface area is 118 Å². The maximum atomic E-state index is 12.0. The van der Waals surface area contributed by atoms with Crippen molar-refractivity contribution in [1.29, 1.82) is 0 Å². The summed E-state index contributed by atoms with van der Waals surface area (Å²) in [7, 11) is 0. The van der Waals surface area contributed by atoms with Crippen LogP contribution in [0.15, 0.2) is 12.3 Å². The minimum absolute atomic E-state index is 0.0223. The number of hydrogen-bond acceptors (Lipinski definition) is 3. The number of nitrogens with zero attached hydrogens (tertiary/aromatic N) is 2. The number of hydrogen-bond donors (Lipinski definition) is 1. The van der Waals surface area contributed by atoms with Crippen LogP contribution >= 0.6 is 0 Å². The van der Waals surface area contributed by atoms with Gasteiger partial charge in [0.05, 0.1) is 11.1 Å². The van der Waals surface area contributed by atoms with Crippen LogP contribution in [0.5, 0.6) is 0 Å². The molecule has 20 heavy (non-hydrogen) atoms. The number of carbonyl (C=O) groups excluding carboxylic acids is 1. The summed E-state index contributed by atoms with van der Waals surface area (Å²) in [6.07, 6.45) is 8.85. The molecule has 0 aromatic carbocycles. The van der Waals surface area contributed by atoms with Crippen LogP contribution in [0.25, 0.3) is 0 Å². The average molecular weight is 277 g/mol. The molecular formula is C14H19N3O3. The number of aromatic nitrogens is 1. The van der Waals surface area contributed by atoms with Crippen molar-refractivity contribution < 1.29 is 9.72 Å². The van der Waals surface area contributed by atoms with E-state index in [0.717, 1.165) is 12.8 Å². The van der Waals surface area contributed by atoms with E-state index in [1.807, 2.05) is 13.8 Å². The molecule has 0 aliphatic rings. The summed E-state index contributed by atoms with van der Waals surface area (Å²) in [5.74, 6) is 2.24. The van der Waals surface area contributed by atoms with Crippen molar-refractivity contribution in [2.24, 2.45) is 0 Å². The Hall–Kier alpha value is -2.29. The van der Waals surface area contributed by atoms with E-state index in [-0.39, 0.29) is 17.6 Å². The predicted molar refractivity (Wildman–Crippen MR) is 76.5 cm³/mol. The zero-order valence-corrected chi connectivity index (χ0v) is 11.8. The molecule has 0 radical (unpaired) electrons. The maximum absolute atomic E-state index is 12.0. The molecule has 1 heterocycles. The Morgan fingerprint density at radius 3 is 2.80 bits per heavy atom. The van der Waals surface area contributed by atoms with Gasteiger partial charge in [0.15, 0.2) is 0 Å². The van der Waals surface area contributed by atoms with Crippen molar-refractivity contribution in [1.82, 2.24) is 9.88 Å². The number of carbonyl (C=O) groups is 1. The zero-order chi connectivity index (χ0) is 15.1. The van der Waals surface area contributed by atoms with Gasteiger partial charge in [0, 0.05) is 25.1 Å². The Morgan fingerprint density at radius 1 is 1.55 bits per heavy atom. The van der Waals surface area contributed by atoms with Crippen LogP contribution in [0.3, 0.4) is 0 Å². The van der Waals surface area contributed by atoms with Gasteiger partial charge in [-0.1, -0.05) is 0 Å². The highest BCUT2D eigenvalue weighted by Crippen LogP contribution is 2.20. The standard InChI is InChI=1S/C14H19N3O3/c1-4-5-6-7-8-15-14(18)13-9-12(17(19)20)10-16(13)11(2)3/h1,9-11H,5-8H2,2-3H3,(H,15,18). The van der Waals surface area contributed by atoms with E-state index in [4.69, 9.17) is 6.42 Å². The summed E-state index contributed by atoms with van der Waals surface area (Å²) in [6.45, 7) is 4.25. The van der Waals surface area contributed by atoms with Crippen molar-refractivity contribution in [2.75, 3.05) is 6.54 Å². The van der Waals surface area contributed by atoms with Crippen LogP contribution in [0.4, 0.5) is 5.69 Å². The molecule has 0 bridgehead atoms. The summed E-state index contributed by atoms with van der Waals surface area (Å²) in [5.41, 5.74) is 0.236. The van der Waals surface area contributed by atoms with Crippen LogP contribution < -0.4 is 5.32 Å². The largest absolute Gasteiger partial charge is 0.351 e. The third kappa shape index (κ3) is 4.12. The first-order chi connectivity index (χ1) is 9.47. The zero-order valence-electron chi connectivity index (χ0n) is 11.8. The van der Waals surface area contributed by atoms with Gasteiger partial charge in [-0.15, -0.1) is 12.3 Å². The highest BCUT2D eigenvalue weighted by atomic mass is 16.6. The Morgan fingerprint density at radius 2 is 2.25 bits per heavy atom. The van der Waals surface area contributed by atoms with Crippen molar-refractivity contribution in [3.05, 3.63) is 28.1 Å². The Bertz CT molecular complexity index is 526. The molecule has 0 saturated heterocycles. The lowest BCUT2D eigenvalue weighted by Gasteiger charge is -2.11.